The van der Waals surface area contributed by atoms with Crippen molar-refractivity contribution in [3.63, 3.8) is 0 Å². The molecule has 0 aromatic heterocycles. The van der Waals surface area contributed by atoms with E-state index in [4.69, 9.17) is 0 Å². The van der Waals surface area contributed by atoms with Gasteiger partial charge in [0.25, 0.3) is 0 Å². The van der Waals surface area contributed by atoms with Gasteiger partial charge in [0.1, 0.15) is 0 Å². The molecule has 1 atom stereocenters. The summed E-state index contributed by atoms with van der Waals surface area (Å²) in [6, 6.07) is 5.64. The minimum atomic E-state index is -4.28. The lowest BCUT2D eigenvalue weighted by Crippen LogP contribution is -2.29. The Morgan fingerprint density at radius 3 is 2.32 bits per heavy atom. The normalized spacial score (nSPS) is 20.2. The van der Waals surface area contributed by atoms with E-state index in [9.17, 15) is 18.0 Å². The van der Waals surface area contributed by atoms with Gasteiger partial charge >= 0.3 is 6.18 Å². The van der Waals surface area contributed by atoms with Gasteiger partial charge in [0.05, 0.1) is 6.42 Å². The number of hydrogen-bond donors (Lipinski definition) is 0. The fourth-order valence-corrected chi connectivity index (χ4v) is 2.57. The predicted octanol–water partition coefficient (Wildman–Crippen LogP) is 3.61. The Kier molecular flexibility index (Phi) is 3.56. The number of alkyl halides is 3. The van der Waals surface area contributed by atoms with Gasteiger partial charge in [0.2, 0.25) is 5.91 Å². The third-order valence-corrected chi connectivity index (χ3v) is 3.31. The van der Waals surface area contributed by atoms with Crippen LogP contribution in [0.25, 0.3) is 0 Å². The molecule has 19 heavy (non-hydrogen) atoms. The zero-order chi connectivity index (χ0) is 14.2. The number of aryl methyl sites for hydroxylation is 2. The highest BCUT2D eigenvalue weighted by atomic mass is 19.4. The van der Waals surface area contributed by atoms with Gasteiger partial charge < -0.3 is 4.90 Å². The summed E-state index contributed by atoms with van der Waals surface area (Å²) in [4.78, 5) is 13.5. The van der Waals surface area contributed by atoms with E-state index < -0.39 is 24.4 Å². The second kappa shape index (κ2) is 4.87. The topological polar surface area (TPSA) is 20.3 Å². The van der Waals surface area contributed by atoms with Crippen molar-refractivity contribution in [1.82, 2.24) is 0 Å². The summed E-state index contributed by atoms with van der Waals surface area (Å²) >= 11 is 0. The molecule has 0 N–H and O–H groups in total. The Morgan fingerprint density at radius 1 is 1.21 bits per heavy atom. The molecule has 5 heteroatoms. The molecule has 1 saturated heterocycles. The van der Waals surface area contributed by atoms with E-state index in [1.807, 2.05) is 32.0 Å². The number of nitrogens with zero attached hydrogens (tertiary/aromatic N) is 1. The molecule has 0 spiro atoms. The summed E-state index contributed by atoms with van der Waals surface area (Å²) in [6.45, 7) is 4.18. The molecule has 2 nitrogen and oxygen atoms in total. The zero-order valence-electron chi connectivity index (χ0n) is 10.9. The Hall–Kier alpha value is -1.52. The van der Waals surface area contributed by atoms with Gasteiger partial charge in [0.15, 0.2) is 0 Å². The van der Waals surface area contributed by atoms with Gasteiger partial charge in [-0.05, 0) is 43.5 Å². The van der Waals surface area contributed by atoms with Gasteiger partial charge in [-0.15, -0.1) is 0 Å². The maximum Gasteiger partial charge on any atom is 0.389 e. The molecule has 1 aromatic carbocycles. The second-order valence-corrected chi connectivity index (χ2v) is 5.14. The van der Waals surface area contributed by atoms with Gasteiger partial charge in [-0.25, -0.2) is 0 Å². The first-order valence-electron chi connectivity index (χ1n) is 6.23. The van der Waals surface area contributed by atoms with Crippen LogP contribution in [0.1, 0.15) is 24.0 Å². The number of amides is 1. The molecule has 0 bridgehead atoms. The molecule has 1 aromatic rings. The van der Waals surface area contributed by atoms with Crippen LogP contribution >= 0.6 is 0 Å². The molecule has 1 aliphatic rings. The van der Waals surface area contributed by atoms with E-state index in [0.29, 0.717) is 12.2 Å². The first-order chi connectivity index (χ1) is 8.76. The molecule has 1 amide bonds. The Morgan fingerprint density at radius 2 is 1.79 bits per heavy atom. The van der Waals surface area contributed by atoms with E-state index in [1.54, 1.807) is 0 Å². The quantitative estimate of drug-likeness (QED) is 0.804. The molecule has 0 radical (unpaired) electrons. The molecule has 1 fully saturated rings. The highest BCUT2D eigenvalue weighted by Crippen LogP contribution is 2.34. The Labute approximate surface area is 110 Å². The van der Waals surface area contributed by atoms with Crippen LogP contribution in [0, 0.1) is 19.8 Å². The maximum absolute atomic E-state index is 12.4. The summed E-state index contributed by atoms with van der Waals surface area (Å²) in [5.41, 5.74) is 2.70. The van der Waals surface area contributed by atoms with Crippen molar-refractivity contribution in [1.29, 1.82) is 0 Å². The first kappa shape index (κ1) is 13.9. The monoisotopic (exact) mass is 271 g/mol. The van der Waals surface area contributed by atoms with Crippen molar-refractivity contribution in [3.05, 3.63) is 29.3 Å². The average molecular weight is 271 g/mol. The van der Waals surface area contributed by atoms with Crippen LogP contribution < -0.4 is 4.90 Å². The molecule has 0 saturated carbocycles. The van der Waals surface area contributed by atoms with E-state index in [1.165, 1.54) is 4.90 Å². The number of benzene rings is 1. The summed E-state index contributed by atoms with van der Waals surface area (Å²) in [6.07, 6.45) is -5.03. The molecule has 2 rings (SSSR count). The standard InChI is InChI=1S/C14H16F3NO/c1-9-5-10(2)7-12(6-9)18-4-3-11(13(18)19)8-14(15,16)17/h5-7,11H,3-4,8H2,1-2H3/t11-/m0/s1. The third-order valence-electron chi connectivity index (χ3n) is 3.31. The minimum absolute atomic E-state index is 0.269. The molecule has 1 aliphatic heterocycles. The number of anilines is 1. The fourth-order valence-electron chi connectivity index (χ4n) is 2.57. The third kappa shape index (κ3) is 3.28. The van der Waals surface area contributed by atoms with E-state index in [0.717, 1.165) is 11.1 Å². The van der Waals surface area contributed by atoms with Crippen LogP contribution in [0.4, 0.5) is 18.9 Å². The van der Waals surface area contributed by atoms with Crippen molar-refractivity contribution < 1.29 is 18.0 Å². The fraction of sp³-hybridized carbons (Fsp3) is 0.500. The molecule has 0 aliphatic carbocycles. The maximum atomic E-state index is 12.4. The number of rotatable bonds is 2. The molecule has 0 unspecified atom stereocenters. The largest absolute Gasteiger partial charge is 0.389 e. The van der Waals surface area contributed by atoms with Crippen LogP contribution in [0.15, 0.2) is 18.2 Å². The number of hydrogen-bond acceptors (Lipinski definition) is 1. The molecular formula is C14H16F3NO. The Bertz CT molecular complexity index is 476. The average Bonchev–Trinajstić information content (AvgIpc) is 2.56. The number of carbonyl (C=O) groups is 1. The first-order valence-corrected chi connectivity index (χ1v) is 6.23. The minimum Gasteiger partial charge on any atom is -0.312 e. The molecule has 1 heterocycles. The van der Waals surface area contributed by atoms with Crippen LogP contribution in [0.5, 0.6) is 0 Å². The lowest BCUT2D eigenvalue weighted by molar-refractivity contribution is -0.151. The summed E-state index contributed by atoms with van der Waals surface area (Å²) in [5, 5.41) is 0. The predicted molar refractivity (Wildman–Crippen MR) is 67.0 cm³/mol. The Balaban J connectivity index is 2.17. The molecule has 104 valence electrons. The van der Waals surface area contributed by atoms with Gasteiger partial charge in [-0.3, -0.25) is 4.79 Å². The van der Waals surface area contributed by atoms with Crippen LogP contribution in [-0.2, 0) is 4.79 Å². The van der Waals surface area contributed by atoms with Crippen LogP contribution in [-0.4, -0.2) is 18.6 Å². The van der Waals surface area contributed by atoms with Crippen molar-refractivity contribution in [2.75, 3.05) is 11.4 Å². The van der Waals surface area contributed by atoms with Gasteiger partial charge in [0, 0.05) is 18.2 Å². The van der Waals surface area contributed by atoms with Gasteiger partial charge in [-0.2, -0.15) is 13.2 Å². The number of carbonyl (C=O) groups excluding carboxylic acids is 1. The van der Waals surface area contributed by atoms with Crippen molar-refractivity contribution in [3.8, 4) is 0 Å². The second-order valence-electron chi connectivity index (χ2n) is 5.14. The van der Waals surface area contributed by atoms with E-state index in [-0.39, 0.29) is 6.42 Å². The smallest absolute Gasteiger partial charge is 0.312 e. The van der Waals surface area contributed by atoms with E-state index >= 15 is 0 Å². The summed E-state index contributed by atoms with van der Waals surface area (Å²) < 4.78 is 37.1. The summed E-state index contributed by atoms with van der Waals surface area (Å²) in [7, 11) is 0. The van der Waals surface area contributed by atoms with Crippen molar-refractivity contribution in [2.45, 2.75) is 32.9 Å². The molecular weight excluding hydrogens is 255 g/mol. The van der Waals surface area contributed by atoms with Crippen LogP contribution in [0.2, 0.25) is 0 Å². The number of halogens is 3. The zero-order valence-corrected chi connectivity index (χ0v) is 10.9. The lowest BCUT2D eigenvalue weighted by atomic mass is 10.0. The highest BCUT2D eigenvalue weighted by molar-refractivity contribution is 5.97. The SMILES string of the molecule is Cc1cc(C)cc(N2CC[C@@H](CC(F)(F)F)C2=O)c1. The van der Waals surface area contributed by atoms with Crippen LogP contribution in [0.3, 0.4) is 0 Å². The van der Waals surface area contributed by atoms with Gasteiger partial charge in [-0.1, -0.05) is 6.07 Å². The van der Waals surface area contributed by atoms with Crippen molar-refractivity contribution in [2.24, 2.45) is 5.92 Å². The van der Waals surface area contributed by atoms with Crippen molar-refractivity contribution >= 4 is 11.6 Å². The summed E-state index contributed by atoms with van der Waals surface area (Å²) in [5.74, 6) is -1.34. The highest BCUT2D eigenvalue weighted by Gasteiger charge is 2.40. The lowest BCUT2D eigenvalue weighted by Gasteiger charge is -2.18. The van der Waals surface area contributed by atoms with E-state index in [2.05, 4.69) is 0 Å².